The van der Waals surface area contributed by atoms with Crippen molar-refractivity contribution in [3.63, 3.8) is 0 Å². The molecule has 0 N–H and O–H groups in total. The summed E-state index contributed by atoms with van der Waals surface area (Å²) in [5.74, 6) is 2.43. The lowest BCUT2D eigenvalue weighted by Gasteiger charge is -2.42. The van der Waals surface area contributed by atoms with Gasteiger partial charge in [0.25, 0.3) is 8.32 Å². The van der Waals surface area contributed by atoms with E-state index in [1.54, 1.807) is 7.11 Å². The van der Waals surface area contributed by atoms with Crippen molar-refractivity contribution in [1.29, 1.82) is 0 Å². The average Bonchev–Trinajstić information content (AvgIpc) is 3.06. The van der Waals surface area contributed by atoms with Gasteiger partial charge in [0.2, 0.25) is 0 Å². The fourth-order valence-corrected chi connectivity index (χ4v) is 10.3. The second-order valence-electron chi connectivity index (χ2n) is 9.63. The molecule has 1 aromatic carbocycles. The minimum Gasteiger partial charge on any atom is -0.542 e. The molecule has 0 bridgehead atoms. The van der Waals surface area contributed by atoms with Crippen molar-refractivity contribution in [2.75, 3.05) is 13.9 Å². The first-order valence-electron chi connectivity index (χ1n) is 11.2. The van der Waals surface area contributed by atoms with E-state index in [2.05, 4.69) is 60.6 Å². The third-order valence-electron chi connectivity index (χ3n) is 6.52. The number of aromatic nitrogens is 1. The Morgan fingerprint density at radius 2 is 1.65 bits per heavy atom. The average molecular weight is 444 g/mol. The molecule has 0 saturated heterocycles. The SMILES string of the molecule is COCOc1ccc2c(c1)OC(C)(c1ccc(O[Si](C(C)C)(C(C)C)C(C)C)cn1)C2. The molecule has 0 saturated carbocycles. The smallest absolute Gasteiger partial charge is 0.258 e. The van der Waals surface area contributed by atoms with Crippen LogP contribution >= 0.6 is 0 Å². The first kappa shape index (κ1) is 23.6. The molecule has 2 aromatic rings. The van der Waals surface area contributed by atoms with Crippen molar-refractivity contribution >= 4 is 8.32 Å². The molecule has 1 aromatic heterocycles. The van der Waals surface area contributed by atoms with Crippen LogP contribution in [0, 0.1) is 0 Å². The summed E-state index contributed by atoms with van der Waals surface area (Å²) in [6.07, 6.45) is 2.64. The van der Waals surface area contributed by atoms with Crippen molar-refractivity contribution in [3.05, 3.63) is 47.8 Å². The molecule has 0 amide bonds. The minimum atomic E-state index is -2.00. The molecule has 0 spiro atoms. The predicted octanol–water partition coefficient (Wildman–Crippen LogP) is 6.47. The van der Waals surface area contributed by atoms with Gasteiger partial charge >= 0.3 is 0 Å². The second-order valence-corrected chi connectivity index (χ2v) is 15.0. The lowest BCUT2D eigenvalue weighted by Crippen LogP contribution is -2.50. The van der Waals surface area contributed by atoms with Crippen LogP contribution in [0.25, 0.3) is 0 Å². The van der Waals surface area contributed by atoms with Crippen molar-refractivity contribution in [2.45, 2.75) is 77.1 Å². The predicted molar refractivity (Wildman–Crippen MR) is 127 cm³/mol. The molecule has 3 rings (SSSR count). The number of benzene rings is 1. The first-order chi connectivity index (χ1) is 14.6. The third-order valence-corrected chi connectivity index (χ3v) is 12.5. The Morgan fingerprint density at radius 1 is 1.00 bits per heavy atom. The van der Waals surface area contributed by atoms with E-state index in [1.807, 2.05) is 24.4 Å². The fraction of sp³-hybridized carbons (Fsp3) is 0.560. The lowest BCUT2D eigenvalue weighted by atomic mass is 9.95. The molecule has 5 nitrogen and oxygen atoms in total. The molecular weight excluding hydrogens is 406 g/mol. The standard InChI is InChI=1S/C25H37NO4Si/c1-17(2)31(18(3)4,19(5)6)30-22-11-12-24(26-15-22)25(7)14-20-9-10-21(28-16-27-8)13-23(20)29-25/h9-13,15,17-19H,14,16H2,1-8H3. The Labute approximate surface area is 188 Å². The van der Waals surface area contributed by atoms with Crippen LogP contribution in [-0.4, -0.2) is 27.2 Å². The number of hydrogen-bond acceptors (Lipinski definition) is 5. The zero-order chi connectivity index (χ0) is 22.8. The van der Waals surface area contributed by atoms with Crippen LogP contribution < -0.4 is 13.9 Å². The van der Waals surface area contributed by atoms with Gasteiger partial charge in [0.15, 0.2) is 12.4 Å². The van der Waals surface area contributed by atoms with Crippen LogP contribution in [0.4, 0.5) is 0 Å². The van der Waals surface area contributed by atoms with Crippen LogP contribution in [0.3, 0.4) is 0 Å². The largest absolute Gasteiger partial charge is 0.542 e. The van der Waals surface area contributed by atoms with Gasteiger partial charge in [-0.05, 0) is 47.3 Å². The minimum absolute atomic E-state index is 0.215. The summed E-state index contributed by atoms with van der Waals surface area (Å²) in [4.78, 5) is 4.77. The lowest BCUT2D eigenvalue weighted by molar-refractivity contribution is 0.0506. The molecule has 2 heterocycles. The number of rotatable bonds is 9. The number of nitrogens with zero attached hydrogens (tertiary/aromatic N) is 1. The van der Waals surface area contributed by atoms with E-state index in [-0.39, 0.29) is 6.79 Å². The van der Waals surface area contributed by atoms with Crippen molar-refractivity contribution < 1.29 is 18.6 Å². The monoisotopic (exact) mass is 443 g/mol. The Morgan fingerprint density at radius 3 is 2.19 bits per heavy atom. The summed E-state index contributed by atoms with van der Waals surface area (Å²) in [6.45, 7) is 16.1. The summed E-state index contributed by atoms with van der Waals surface area (Å²) < 4.78 is 23.6. The van der Waals surface area contributed by atoms with E-state index in [4.69, 9.17) is 23.6 Å². The first-order valence-corrected chi connectivity index (χ1v) is 13.4. The number of ether oxygens (including phenoxy) is 3. The van der Waals surface area contributed by atoms with E-state index in [1.165, 1.54) is 0 Å². The van der Waals surface area contributed by atoms with E-state index in [9.17, 15) is 0 Å². The molecule has 31 heavy (non-hydrogen) atoms. The molecule has 1 aliphatic heterocycles. The molecule has 0 fully saturated rings. The van der Waals surface area contributed by atoms with Gasteiger partial charge in [0, 0.05) is 19.6 Å². The molecule has 6 heteroatoms. The fourth-order valence-electron chi connectivity index (χ4n) is 5.09. The van der Waals surface area contributed by atoms with Crippen LogP contribution in [0.15, 0.2) is 36.5 Å². The molecule has 1 unspecified atom stereocenters. The van der Waals surface area contributed by atoms with E-state index < -0.39 is 13.9 Å². The Balaban J connectivity index is 1.79. The van der Waals surface area contributed by atoms with Crippen LogP contribution in [0.2, 0.25) is 16.6 Å². The van der Waals surface area contributed by atoms with Gasteiger partial charge in [-0.3, -0.25) is 4.98 Å². The van der Waals surface area contributed by atoms with Gasteiger partial charge < -0.3 is 18.6 Å². The molecule has 1 atom stereocenters. The van der Waals surface area contributed by atoms with Gasteiger partial charge in [0.05, 0.1) is 11.9 Å². The van der Waals surface area contributed by atoms with Gasteiger partial charge in [-0.15, -0.1) is 0 Å². The van der Waals surface area contributed by atoms with E-state index in [0.717, 1.165) is 34.9 Å². The van der Waals surface area contributed by atoms with Gasteiger partial charge in [-0.1, -0.05) is 47.6 Å². The van der Waals surface area contributed by atoms with Gasteiger partial charge in [-0.25, -0.2) is 0 Å². The number of methoxy groups -OCH3 is 1. The highest BCUT2D eigenvalue weighted by atomic mass is 28.4. The highest BCUT2D eigenvalue weighted by Gasteiger charge is 2.47. The van der Waals surface area contributed by atoms with Crippen molar-refractivity contribution in [1.82, 2.24) is 4.98 Å². The van der Waals surface area contributed by atoms with E-state index in [0.29, 0.717) is 16.6 Å². The zero-order valence-corrected chi connectivity index (χ0v) is 21.2. The highest BCUT2D eigenvalue weighted by molar-refractivity contribution is 6.78. The number of pyridine rings is 1. The summed E-state index contributed by atoms with van der Waals surface area (Å²) in [7, 11) is -0.393. The molecule has 1 aliphatic rings. The summed E-state index contributed by atoms with van der Waals surface area (Å²) in [5, 5.41) is 0. The Kier molecular flexibility index (Phi) is 7.01. The van der Waals surface area contributed by atoms with Crippen LogP contribution in [0.5, 0.6) is 17.2 Å². The maximum Gasteiger partial charge on any atom is 0.258 e. The topological polar surface area (TPSA) is 49.8 Å². The molecule has 0 radical (unpaired) electrons. The zero-order valence-electron chi connectivity index (χ0n) is 20.2. The second kappa shape index (κ2) is 9.21. The molecular formula is C25H37NO4Si. The van der Waals surface area contributed by atoms with Crippen molar-refractivity contribution in [3.8, 4) is 17.2 Å². The number of hydrogen-bond donors (Lipinski definition) is 0. The van der Waals surface area contributed by atoms with Gasteiger partial charge in [-0.2, -0.15) is 0 Å². The summed E-state index contributed by atoms with van der Waals surface area (Å²) in [5.41, 5.74) is 3.11. The van der Waals surface area contributed by atoms with Crippen LogP contribution in [-0.2, 0) is 16.8 Å². The maximum atomic E-state index is 6.76. The third kappa shape index (κ3) is 4.60. The quantitative estimate of drug-likeness (QED) is 0.328. The summed E-state index contributed by atoms with van der Waals surface area (Å²) in [6, 6.07) is 10.0. The molecule has 0 aliphatic carbocycles. The normalized spacial score (nSPS) is 18.4. The Hall–Kier alpha value is -2.05. The van der Waals surface area contributed by atoms with E-state index >= 15 is 0 Å². The maximum absolute atomic E-state index is 6.76. The van der Waals surface area contributed by atoms with Gasteiger partial charge in [0.1, 0.15) is 17.2 Å². The van der Waals surface area contributed by atoms with Crippen LogP contribution in [0.1, 0.15) is 59.7 Å². The summed E-state index contributed by atoms with van der Waals surface area (Å²) >= 11 is 0. The number of fused-ring (bicyclic) bond motifs is 1. The highest BCUT2D eigenvalue weighted by Crippen LogP contribution is 2.44. The van der Waals surface area contributed by atoms with Crippen molar-refractivity contribution in [2.24, 2.45) is 0 Å². The Bertz CT molecular complexity index is 860. The molecule has 170 valence electrons.